The molecule has 302 valence electrons. The molecule has 3 atom stereocenters. The normalized spacial score (nSPS) is 18.5. The third-order valence-electron chi connectivity index (χ3n) is 10.7. The largest absolute Gasteiger partial charge is 0.446 e. The van der Waals surface area contributed by atoms with E-state index >= 15 is 0 Å². The van der Waals surface area contributed by atoms with Crippen LogP contribution < -0.4 is 21.6 Å². The summed E-state index contributed by atoms with van der Waals surface area (Å²) in [6.07, 6.45) is 10.7. The molecule has 56 heavy (non-hydrogen) atoms. The number of piperidine rings is 1. The molecular weight excluding hydrogens is 718 g/mol. The lowest BCUT2D eigenvalue weighted by Crippen LogP contribution is -2.44. The molecule has 0 unspecified atom stereocenters. The summed E-state index contributed by atoms with van der Waals surface area (Å²) in [4.78, 5) is 62.4. The fourth-order valence-electron chi connectivity index (χ4n) is 7.88. The minimum absolute atomic E-state index is 0.0197. The SMILES string of the molecule is CC(C)NC(=O)O[C@@H]1CC[C@H](c2cc(NC(=O)c3cc(COCCCCCCCCCc4cccc5c4n(C)c(=O)n5[C@H]4CCC(=O)NC4=O)nn3C)n[nH]2)C1. The zero-order valence-electron chi connectivity index (χ0n) is 32.9. The van der Waals surface area contributed by atoms with Gasteiger partial charge >= 0.3 is 11.8 Å². The van der Waals surface area contributed by atoms with Gasteiger partial charge in [-0.15, -0.1) is 0 Å². The molecule has 1 aromatic carbocycles. The number of hydrogen-bond acceptors (Lipinski definition) is 9. The van der Waals surface area contributed by atoms with E-state index in [1.165, 1.54) is 4.57 Å². The summed E-state index contributed by atoms with van der Waals surface area (Å²) in [5.41, 5.74) is 4.43. The number of aromatic nitrogens is 6. The van der Waals surface area contributed by atoms with Gasteiger partial charge in [0.25, 0.3) is 5.91 Å². The van der Waals surface area contributed by atoms with Crippen molar-refractivity contribution >= 4 is 40.7 Å². The second kappa shape index (κ2) is 18.6. The highest BCUT2D eigenvalue weighted by Crippen LogP contribution is 2.36. The van der Waals surface area contributed by atoms with Crippen LogP contribution in [-0.4, -0.2) is 71.7 Å². The number of nitrogens with zero attached hydrogens (tertiary/aromatic N) is 5. The molecule has 4 N–H and O–H groups in total. The first kappa shape index (κ1) is 40.4. The highest BCUT2D eigenvalue weighted by atomic mass is 16.6. The number of rotatable bonds is 18. The van der Waals surface area contributed by atoms with E-state index in [0.29, 0.717) is 43.3 Å². The maximum absolute atomic E-state index is 13.2. The fourth-order valence-corrected chi connectivity index (χ4v) is 7.88. The number of carbonyl (C=O) groups is 4. The third-order valence-corrected chi connectivity index (χ3v) is 10.7. The fraction of sp³-hybridized carbons (Fsp3) is 0.575. The van der Waals surface area contributed by atoms with Gasteiger partial charge in [-0.3, -0.25) is 38.6 Å². The summed E-state index contributed by atoms with van der Waals surface area (Å²) in [6.45, 7) is 4.72. The molecule has 4 heterocycles. The monoisotopic (exact) mass is 773 g/mol. The molecule has 16 nitrogen and oxygen atoms in total. The number of aryl methyl sites for hydroxylation is 3. The minimum Gasteiger partial charge on any atom is -0.446 e. The van der Waals surface area contributed by atoms with E-state index in [2.05, 4.69) is 37.3 Å². The van der Waals surface area contributed by atoms with Gasteiger partial charge in [-0.05, 0) is 76.5 Å². The molecule has 2 aliphatic rings. The summed E-state index contributed by atoms with van der Waals surface area (Å²) >= 11 is 0. The van der Waals surface area contributed by atoms with Crippen LogP contribution in [0.3, 0.4) is 0 Å². The predicted molar refractivity (Wildman–Crippen MR) is 209 cm³/mol. The molecule has 3 aromatic heterocycles. The standard InChI is InChI=1S/C40H55N9O7/c1-25(2)41-39(53)56-29-17-16-27(21-29)30-23-34(45-44-30)42-38(52)33-22-28(46-48(33)4)24-55-20-11-9-7-5-6-8-10-13-26-14-12-15-31-36(26)47(3)40(54)49(31)32-18-19-35(50)43-37(32)51/h12,14-15,22-23,25,27,29,32H,5-11,13,16-21,24H2,1-4H3,(H,41,53)(H,43,50,51)(H2,42,44,45,52)/t27-,29+,32-/m0/s1. The van der Waals surface area contributed by atoms with Crippen LogP contribution in [0, 0.1) is 0 Å². The molecule has 1 aliphatic carbocycles. The van der Waals surface area contributed by atoms with Crippen LogP contribution >= 0.6 is 0 Å². The Hall–Kier alpha value is -5.25. The second-order valence-electron chi connectivity index (χ2n) is 15.4. The van der Waals surface area contributed by atoms with Crippen molar-refractivity contribution < 1.29 is 28.7 Å². The third kappa shape index (κ3) is 9.94. The van der Waals surface area contributed by atoms with Crippen LogP contribution in [0.1, 0.15) is 130 Å². The molecule has 4 aromatic rings. The van der Waals surface area contributed by atoms with Crippen molar-refractivity contribution in [3.63, 3.8) is 0 Å². The van der Waals surface area contributed by atoms with Crippen LogP contribution in [0.2, 0.25) is 0 Å². The van der Waals surface area contributed by atoms with Gasteiger partial charge in [-0.2, -0.15) is 10.2 Å². The Labute approximate surface area is 326 Å². The molecule has 1 saturated heterocycles. The Morgan fingerprint density at radius 2 is 1.75 bits per heavy atom. The number of carbonyl (C=O) groups excluding carboxylic acids is 4. The number of amides is 4. The van der Waals surface area contributed by atoms with E-state index in [0.717, 1.165) is 86.5 Å². The van der Waals surface area contributed by atoms with Crippen molar-refractivity contribution in [3.8, 4) is 0 Å². The van der Waals surface area contributed by atoms with Crippen LogP contribution in [0.15, 0.2) is 35.1 Å². The van der Waals surface area contributed by atoms with E-state index in [9.17, 15) is 24.0 Å². The topological polar surface area (TPSA) is 196 Å². The van der Waals surface area contributed by atoms with Crippen LogP contribution in [-0.2, 0) is 46.2 Å². The van der Waals surface area contributed by atoms with E-state index in [1.807, 2.05) is 32.0 Å². The van der Waals surface area contributed by atoms with Gasteiger partial charge in [0.05, 0.1) is 23.3 Å². The Kier molecular flexibility index (Phi) is 13.4. The lowest BCUT2D eigenvalue weighted by Gasteiger charge is -2.21. The number of aromatic amines is 1. The number of fused-ring (bicyclic) bond motifs is 1. The lowest BCUT2D eigenvalue weighted by atomic mass is 10.0. The lowest BCUT2D eigenvalue weighted by molar-refractivity contribution is -0.135. The highest BCUT2D eigenvalue weighted by Gasteiger charge is 2.32. The van der Waals surface area contributed by atoms with Gasteiger partial charge in [-0.1, -0.05) is 44.2 Å². The van der Waals surface area contributed by atoms with Crippen LogP contribution in [0.4, 0.5) is 10.6 Å². The molecule has 0 spiro atoms. The quantitative estimate of drug-likeness (QED) is 0.0768. The summed E-state index contributed by atoms with van der Waals surface area (Å²) in [5.74, 6) is -0.438. The Morgan fingerprint density at radius 1 is 0.982 bits per heavy atom. The van der Waals surface area contributed by atoms with Crippen molar-refractivity contribution in [1.29, 1.82) is 0 Å². The van der Waals surface area contributed by atoms with Gasteiger partial charge in [0.15, 0.2) is 5.82 Å². The number of unbranched alkanes of at least 4 members (excludes halogenated alkanes) is 6. The number of H-pyrrole nitrogens is 1. The number of imidazole rings is 1. The summed E-state index contributed by atoms with van der Waals surface area (Å²) < 4.78 is 16.1. The van der Waals surface area contributed by atoms with Crippen molar-refractivity contribution in [2.45, 2.75) is 128 Å². The number of benzene rings is 1. The molecule has 0 bridgehead atoms. The minimum atomic E-state index is -0.680. The summed E-state index contributed by atoms with van der Waals surface area (Å²) in [7, 11) is 3.47. The van der Waals surface area contributed by atoms with Crippen LogP contribution in [0.5, 0.6) is 0 Å². The highest BCUT2D eigenvalue weighted by molar-refractivity contribution is 6.02. The Morgan fingerprint density at radius 3 is 2.52 bits per heavy atom. The van der Waals surface area contributed by atoms with E-state index in [-0.39, 0.29) is 42.0 Å². The number of alkyl carbamates (subject to hydrolysis) is 1. The second-order valence-corrected chi connectivity index (χ2v) is 15.4. The molecule has 6 rings (SSSR count). The molecular formula is C40H55N9O7. The smallest absolute Gasteiger partial charge is 0.407 e. The van der Waals surface area contributed by atoms with Gasteiger partial charge in [0, 0.05) is 50.8 Å². The Bertz CT molecular complexity index is 2080. The average molecular weight is 774 g/mol. The molecule has 4 amide bonds. The first-order valence-corrected chi connectivity index (χ1v) is 20.0. The number of nitrogens with one attached hydrogen (secondary N) is 4. The number of anilines is 1. The van der Waals surface area contributed by atoms with Gasteiger partial charge in [0.2, 0.25) is 11.8 Å². The van der Waals surface area contributed by atoms with Crippen molar-refractivity contribution in [2.75, 3.05) is 11.9 Å². The number of hydrogen-bond donors (Lipinski definition) is 4. The molecule has 1 saturated carbocycles. The maximum Gasteiger partial charge on any atom is 0.407 e. The predicted octanol–water partition coefficient (Wildman–Crippen LogP) is 5.29. The molecule has 0 radical (unpaired) electrons. The zero-order valence-corrected chi connectivity index (χ0v) is 32.9. The van der Waals surface area contributed by atoms with Crippen LogP contribution in [0.25, 0.3) is 11.0 Å². The maximum atomic E-state index is 13.2. The van der Waals surface area contributed by atoms with Gasteiger partial charge in [-0.25, -0.2) is 9.59 Å². The number of imide groups is 1. The van der Waals surface area contributed by atoms with Crippen molar-refractivity contribution in [3.05, 3.63) is 63.5 Å². The van der Waals surface area contributed by atoms with Crippen molar-refractivity contribution in [1.82, 2.24) is 39.7 Å². The van der Waals surface area contributed by atoms with Crippen molar-refractivity contribution in [2.24, 2.45) is 14.1 Å². The van der Waals surface area contributed by atoms with Gasteiger partial charge < -0.3 is 20.1 Å². The number of para-hydroxylation sites is 1. The first-order valence-electron chi connectivity index (χ1n) is 20.0. The number of ether oxygens (including phenoxy) is 2. The summed E-state index contributed by atoms with van der Waals surface area (Å²) in [6, 6.07) is 8.77. The molecule has 16 heteroatoms. The molecule has 1 aliphatic heterocycles. The summed E-state index contributed by atoms with van der Waals surface area (Å²) in [5, 5.41) is 19.7. The first-order chi connectivity index (χ1) is 27.0. The van der Waals surface area contributed by atoms with E-state index < -0.39 is 18.0 Å². The van der Waals surface area contributed by atoms with E-state index in [4.69, 9.17) is 9.47 Å². The Balaban J connectivity index is 0.848. The zero-order chi connectivity index (χ0) is 39.8. The van der Waals surface area contributed by atoms with Gasteiger partial charge in [0.1, 0.15) is 17.8 Å². The molecule has 2 fully saturated rings. The van der Waals surface area contributed by atoms with E-state index in [1.54, 1.807) is 29.4 Å². The average Bonchev–Trinajstić information content (AvgIpc) is 3.94.